The number of aromatic nitrogens is 2. The van der Waals surface area contributed by atoms with Crippen LogP contribution in [-0.4, -0.2) is 22.9 Å². The first kappa shape index (κ1) is 11.8. The molecule has 0 aliphatic carbocycles. The average molecular weight is 250 g/mol. The topological polar surface area (TPSA) is 131 Å². The Morgan fingerprint density at radius 1 is 1.50 bits per heavy atom. The highest BCUT2D eigenvalue weighted by Crippen LogP contribution is 2.27. The highest BCUT2D eigenvalue weighted by Gasteiger charge is 2.10. The average Bonchev–Trinajstić information content (AvgIpc) is 2.70. The molecule has 0 bridgehead atoms. The van der Waals surface area contributed by atoms with Gasteiger partial charge in [0.1, 0.15) is 0 Å². The van der Waals surface area contributed by atoms with Crippen molar-refractivity contribution in [2.24, 2.45) is 0 Å². The first-order valence-electron chi connectivity index (χ1n) is 5.33. The number of nitrogens with zero attached hydrogens (tertiary/aromatic N) is 1. The van der Waals surface area contributed by atoms with Crippen LogP contribution in [0.25, 0.3) is 10.9 Å². The lowest BCUT2D eigenvalue weighted by Crippen LogP contribution is -2.30. The summed E-state index contributed by atoms with van der Waals surface area (Å²) in [4.78, 5) is 11.1. The molecule has 0 aliphatic rings. The van der Waals surface area contributed by atoms with Crippen LogP contribution in [-0.2, 0) is 4.74 Å². The Morgan fingerprint density at radius 3 is 3.00 bits per heavy atom. The quantitative estimate of drug-likeness (QED) is 0.404. The normalized spacial score (nSPS) is 10.3. The predicted octanol–water partition coefficient (Wildman–Crippen LogP) is 0.800. The zero-order valence-corrected chi connectivity index (χ0v) is 9.78. The minimum atomic E-state index is -0.592. The van der Waals surface area contributed by atoms with Gasteiger partial charge in [0.25, 0.3) is 0 Å². The van der Waals surface area contributed by atoms with Gasteiger partial charge in [-0.15, -0.1) is 0 Å². The van der Waals surface area contributed by atoms with Crippen LogP contribution in [0.2, 0.25) is 0 Å². The van der Waals surface area contributed by atoms with E-state index in [-0.39, 0.29) is 6.61 Å². The van der Waals surface area contributed by atoms with Crippen molar-refractivity contribution in [1.82, 2.24) is 15.6 Å². The Morgan fingerprint density at radius 2 is 2.28 bits per heavy atom. The Hall–Kier alpha value is -2.64. The fourth-order valence-electron chi connectivity index (χ4n) is 1.54. The van der Waals surface area contributed by atoms with E-state index in [4.69, 9.17) is 16.2 Å². The number of fused-ring (bicyclic) bond motifs is 1. The van der Waals surface area contributed by atoms with Crippen LogP contribution in [0.3, 0.4) is 0 Å². The summed E-state index contributed by atoms with van der Waals surface area (Å²) in [5, 5.41) is 7.43. The molecule has 0 aliphatic heterocycles. The molecule has 1 aromatic carbocycles. The van der Waals surface area contributed by atoms with Crippen molar-refractivity contribution in [3.63, 3.8) is 0 Å². The van der Waals surface area contributed by atoms with Gasteiger partial charge in [-0.25, -0.2) is 10.2 Å². The molecule has 0 unspecified atom stereocenters. The number of hydrazine groups is 1. The Labute approximate surface area is 103 Å². The summed E-state index contributed by atoms with van der Waals surface area (Å²) < 4.78 is 4.70. The summed E-state index contributed by atoms with van der Waals surface area (Å²) in [6, 6.07) is 3.33. The van der Waals surface area contributed by atoms with Crippen molar-refractivity contribution in [2.75, 3.05) is 23.5 Å². The molecule has 96 valence electrons. The molecule has 8 nitrogen and oxygen atoms in total. The molecule has 1 aromatic heterocycles. The number of carbonyl (C=O) groups is 1. The molecular formula is C10H14N6O2. The van der Waals surface area contributed by atoms with Crippen LogP contribution in [0.5, 0.6) is 0 Å². The lowest BCUT2D eigenvalue weighted by atomic mass is 10.2. The van der Waals surface area contributed by atoms with Gasteiger partial charge in [0, 0.05) is 11.1 Å². The standard InChI is InChI=1S/C10H14N6O2/c1-2-18-10(17)16-15-9-6-3-5(11)4-7(12)8(6)13-14-9/h3-4H,2,11-12H2,1H3,(H,16,17)(H2,13,14,15). The third-order valence-corrected chi connectivity index (χ3v) is 2.28. The van der Waals surface area contributed by atoms with Crippen LogP contribution >= 0.6 is 0 Å². The second-order valence-electron chi connectivity index (χ2n) is 3.58. The zero-order valence-electron chi connectivity index (χ0n) is 9.78. The molecular weight excluding hydrogens is 236 g/mol. The molecule has 7 N–H and O–H groups in total. The van der Waals surface area contributed by atoms with Crippen LogP contribution in [0, 0.1) is 0 Å². The van der Waals surface area contributed by atoms with Gasteiger partial charge >= 0.3 is 6.09 Å². The lowest BCUT2D eigenvalue weighted by molar-refractivity contribution is 0.154. The second kappa shape index (κ2) is 4.70. The van der Waals surface area contributed by atoms with Crippen LogP contribution < -0.4 is 22.3 Å². The zero-order chi connectivity index (χ0) is 13.1. The van der Waals surface area contributed by atoms with Crippen molar-refractivity contribution < 1.29 is 9.53 Å². The number of benzene rings is 1. The number of amides is 1. The minimum absolute atomic E-state index is 0.286. The second-order valence-corrected chi connectivity index (χ2v) is 3.58. The Bertz CT molecular complexity index is 579. The summed E-state index contributed by atoms with van der Waals surface area (Å²) in [5.74, 6) is 0.414. The van der Waals surface area contributed by atoms with E-state index in [1.54, 1.807) is 19.1 Å². The van der Waals surface area contributed by atoms with E-state index in [2.05, 4.69) is 21.0 Å². The van der Waals surface area contributed by atoms with Crippen molar-refractivity contribution in [1.29, 1.82) is 0 Å². The fourth-order valence-corrected chi connectivity index (χ4v) is 1.54. The van der Waals surface area contributed by atoms with E-state index >= 15 is 0 Å². The summed E-state index contributed by atoms with van der Waals surface area (Å²) in [5.41, 5.74) is 18.1. The largest absolute Gasteiger partial charge is 0.449 e. The molecule has 0 radical (unpaired) electrons. The maximum absolute atomic E-state index is 11.1. The summed E-state index contributed by atoms with van der Waals surface area (Å²) in [6.45, 7) is 2.00. The number of nitrogen functional groups attached to an aromatic ring is 2. The first-order valence-corrected chi connectivity index (χ1v) is 5.33. The van der Waals surface area contributed by atoms with Gasteiger partial charge in [-0.2, -0.15) is 5.10 Å². The maximum Gasteiger partial charge on any atom is 0.425 e. The molecule has 0 atom stereocenters. The number of rotatable bonds is 3. The van der Waals surface area contributed by atoms with Crippen molar-refractivity contribution in [3.05, 3.63) is 12.1 Å². The monoisotopic (exact) mass is 250 g/mol. The van der Waals surface area contributed by atoms with Gasteiger partial charge in [0.2, 0.25) is 0 Å². The van der Waals surface area contributed by atoms with Crippen molar-refractivity contribution >= 4 is 34.2 Å². The smallest absolute Gasteiger partial charge is 0.425 e. The van der Waals surface area contributed by atoms with Gasteiger partial charge in [-0.05, 0) is 19.1 Å². The Kier molecular flexibility index (Phi) is 3.09. The number of ether oxygens (including phenoxy) is 1. The number of nitrogens with two attached hydrogens (primary N) is 2. The number of nitrogens with one attached hydrogen (secondary N) is 3. The van der Waals surface area contributed by atoms with Crippen LogP contribution in [0.1, 0.15) is 6.92 Å². The molecule has 2 rings (SSSR count). The van der Waals surface area contributed by atoms with E-state index in [0.29, 0.717) is 28.1 Å². The van der Waals surface area contributed by atoms with Gasteiger partial charge in [0.05, 0.1) is 17.8 Å². The molecule has 0 saturated heterocycles. The number of carbonyl (C=O) groups excluding carboxylic acids is 1. The van der Waals surface area contributed by atoms with Crippen molar-refractivity contribution in [2.45, 2.75) is 6.92 Å². The van der Waals surface area contributed by atoms with Gasteiger partial charge in [-0.1, -0.05) is 0 Å². The third kappa shape index (κ3) is 2.21. The molecule has 1 amide bonds. The van der Waals surface area contributed by atoms with E-state index in [9.17, 15) is 4.79 Å². The third-order valence-electron chi connectivity index (χ3n) is 2.28. The summed E-state index contributed by atoms with van der Waals surface area (Å²) in [7, 11) is 0. The molecule has 18 heavy (non-hydrogen) atoms. The molecule has 2 aromatic rings. The number of aromatic amines is 1. The molecule has 0 saturated carbocycles. The summed E-state index contributed by atoms with van der Waals surface area (Å²) >= 11 is 0. The van der Waals surface area contributed by atoms with Gasteiger partial charge < -0.3 is 16.2 Å². The van der Waals surface area contributed by atoms with E-state index < -0.39 is 6.09 Å². The molecule has 0 spiro atoms. The maximum atomic E-state index is 11.1. The van der Waals surface area contributed by atoms with Crippen LogP contribution in [0.4, 0.5) is 22.0 Å². The number of hydrogen-bond donors (Lipinski definition) is 5. The lowest BCUT2D eigenvalue weighted by Gasteiger charge is -2.06. The van der Waals surface area contributed by atoms with Crippen LogP contribution in [0.15, 0.2) is 12.1 Å². The first-order chi connectivity index (χ1) is 8.61. The highest BCUT2D eigenvalue weighted by atomic mass is 16.5. The van der Waals surface area contributed by atoms with Gasteiger partial charge in [-0.3, -0.25) is 10.5 Å². The fraction of sp³-hybridized carbons (Fsp3) is 0.200. The molecule has 8 heteroatoms. The number of hydrogen-bond acceptors (Lipinski definition) is 6. The van der Waals surface area contributed by atoms with Crippen molar-refractivity contribution in [3.8, 4) is 0 Å². The highest BCUT2D eigenvalue weighted by molar-refractivity contribution is 5.99. The number of anilines is 3. The Balaban J connectivity index is 2.21. The van der Waals surface area contributed by atoms with E-state index in [0.717, 1.165) is 0 Å². The molecule has 0 fully saturated rings. The molecule has 1 heterocycles. The minimum Gasteiger partial charge on any atom is -0.449 e. The predicted molar refractivity (Wildman–Crippen MR) is 68.7 cm³/mol. The van der Waals surface area contributed by atoms with Gasteiger partial charge in [0.15, 0.2) is 5.82 Å². The SMILES string of the molecule is CCOC(=O)NNc1n[nH]c2c(N)cc(N)cc12. The van der Waals surface area contributed by atoms with E-state index in [1.807, 2.05) is 0 Å². The summed E-state index contributed by atoms with van der Waals surface area (Å²) in [6.07, 6.45) is -0.592. The number of H-pyrrole nitrogens is 1. The van der Waals surface area contributed by atoms with E-state index in [1.165, 1.54) is 0 Å².